The Labute approximate surface area is 286 Å². The fraction of sp³-hybridized carbons (Fsp3) is 0.419. The van der Waals surface area contributed by atoms with Gasteiger partial charge in [0.05, 0.1) is 35.0 Å². The Morgan fingerprint density at radius 1 is 0.918 bits per heavy atom. The summed E-state index contributed by atoms with van der Waals surface area (Å²) in [5.41, 5.74) is 0.197. The lowest BCUT2D eigenvalue weighted by Gasteiger charge is -2.32. The van der Waals surface area contributed by atoms with Gasteiger partial charge in [0.1, 0.15) is 6.73 Å². The summed E-state index contributed by atoms with van der Waals surface area (Å²) >= 11 is 6.05. The minimum absolute atomic E-state index is 0.190. The topological polar surface area (TPSA) is 96.4 Å². The number of imidazole rings is 2. The van der Waals surface area contributed by atoms with Crippen LogP contribution < -0.4 is 4.90 Å². The van der Waals surface area contributed by atoms with Crippen LogP contribution in [-0.2, 0) is 33.8 Å². The molecule has 0 radical (unpaired) electrons. The summed E-state index contributed by atoms with van der Waals surface area (Å²) in [5, 5.41) is 0.190. The Kier molecular flexibility index (Phi) is 12.0. The molecule has 5 rings (SSSR count). The number of sulfonamides is 1. The minimum Gasteiger partial charge on any atom is -0.361 e. The number of halogens is 7. The number of H-pyrrole nitrogens is 1. The van der Waals surface area contributed by atoms with Gasteiger partial charge in [0.15, 0.2) is 0 Å². The van der Waals surface area contributed by atoms with Crippen LogP contribution in [0.1, 0.15) is 11.1 Å². The second kappa shape index (κ2) is 15.2. The molecule has 0 unspecified atom stereocenters. The number of hydrogen-bond acceptors (Lipinski definition) is 6. The number of aromatic nitrogens is 4. The Morgan fingerprint density at radius 2 is 1.49 bits per heavy atom. The molecule has 268 valence electrons. The van der Waals surface area contributed by atoms with E-state index in [1.165, 1.54) is 28.9 Å². The van der Waals surface area contributed by atoms with Crippen LogP contribution in [0, 0.1) is 0 Å². The number of aromatic amines is 1. The highest BCUT2D eigenvalue weighted by molar-refractivity contribution is 7.88. The molecule has 4 aromatic rings. The number of ether oxygens (including phenoxy) is 1. The average molecular weight is 751 g/mol. The second-order valence-electron chi connectivity index (χ2n) is 12.6. The first-order valence-corrected chi connectivity index (χ1v) is 21.0. The number of rotatable bonds is 9. The van der Waals surface area contributed by atoms with Gasteiger partial charge >= 0.3 is 12.4 Å². The second-order valence-corrected chi connectivity index (χ2v) is 20.6. The molecular formula is C31H37ClF6N6O3SSi. The molecule has 0 aliphatic carbocycles. The molecule has 2 aromatic carbocycles. The van der Waals surface area contributed by atoms with Crippen molar-refractivity contribution in [3.8, 4) is 22.5 Å². The summed E-state index contributed by atoms with van der Waals surface area (Å²) in [5.74, 6) is 0.514. The van der Waals surface area contributed by atoms with E-state index in [4.69, 9.17) is 16.3 Å². The average Bonchev–Trinajstić information content (AvgIpc) is 3.66. The van der Waals surface area contributed by atoms with Crippen LogP contribution in [0.4, 0.5) is 32.3 Å². The Bertz CT molecular complexity index is 1820. The zero-order valence-electron chi connectivity index (χ0n) is 27.2. The van der Waals surface area contributed by atoms with Crippen molar-refractivity contribution in [2.75, 3.05) is 43.9 Å². The summed E-state index contributed by atoms with van der Waals surface area (Å²) in [4.78, 5) is 13.2. The smallest absolute Gasteiger partial charge is 0.361 e. The quantitative estimate of drug-likeness (QED) is 0.107. The van der Waals surface area contributed by atoms with E-state index < -0.39 is 41.6 Å². The van der Waals surface area contributed by atoms with Crippen molar-refractivity contribution in [3.05, 3.63) is 77.3 Å². The van der Waals surface area contributed by atoms with Gasteiger partial charge in [-0.3, -0.25) is 4.57 Å². The number of benzene rings is 2. The van der Waals surface area contributed by atoms with E-state index in [2.05, 4.69) is 34.6 Å². The fourth-order valence-corrected chi connectivity index (χ4v) is 6.50. The maximum absolute atomic E-state index is 12.8. The van der Waals surface area contributed by atoms with Crippen LogP contribution in [0.3, 0.4) is 0 Å². The molecule has 9 nitrogen and oxygen atoms in total. The van der Waals surface area contributed by atoms with Crippen LogP contribution in [0.25, 0.3) is 22.5 Å². The molecule has 1 aliphatic heterocycles. The molecule has 2 aromatic heterocycles. The first-order valence-electron chi connectivity index (χ1n) is 15.1. The molecule has 0 amide bonds. The van der Waals surface area contributed by atoms with Crippen molar-refractivity contribution in [2.45, 2.75) is 44.8 Å². The summed E-state index contributed by atoms with van der Waals surface area (Å²) in [6, 6.07) is 11.1. The summed E-state index contributed by atoms with van der Waals surface area (Å²) in [7, 11) is -4.39. The molecule has 1 saturated heterocycles. The number of hydrogen-bond donors (Lipinski definition) is 1. The lowest BCUT2D eigenvalue weighted by atomic mass is 10.1. The number of nitrogens with zero attached hydrogens (tertiary/aromatic N) is 5. The van der Waals surface area contributed by atoms with Gasteiger partial charge in [-0.1, -0.05) is 43.9 Å². The molecule has 49 heavy (non-hydrogen) atoms. The largest absolute Gasteiger partial charge is 0.416 e. The van der Waals surface area contributed by atoms with Gasteiger partial charge < -0.3 is 14.6 Å². The Balaban J connectivity index is 0.000000221. The molecular weight excluding hydrogens is 714 g/mol. The summed E-state index contributed by atoms with van der Waals surface area (Å²) < 4.78 is 108. The lowest BCUT2D eigenvalue weighted by molar-refractivity contribution is -0.138. The van der Waals surface area contributed by atoms with Crippen molar-refractivity contribution in [1.29, 1.82) is 0 Å². The van der Waals surface area contributed by atoms with E-state index in [9.17, 15) is 34.8 Å². The van der Waals surface area contributed by atoms with Crippen LogP contribution in [0.5, 0.6) is 0 Å². The molecule has 1 aliphatic rings. The lowest BCUT2D eigenvalue weighted by Crippen LogP contribution is -2.48. The monoisotopic (exact) mass is 750 g/mol. The first kappa shape index (κ1) is 38.4. The van der Waals surface area contributed by atoms with E-state index in [0.717, 1.165) is 30.3 Å². The van der Waals surface area contributed by atoms with Gasteiger partial charge in [0.2, 0.25) is 21.3 Å². The predicted molar refractivity (Wildman–Crippen MR) is 179 cm³/mol. The maximum Gasteiger partial charge on any atom is 0.416 e. The van der Waals surface area contributed by atoms with Gasteiger partial charge in [-0.05, 0) is 41.9 Å². The molecule has 0 bridgehead atoms. The highest BCUT2D eigenvalue weighted by atomic mass is 35.5. The fourth-order valence-electron chi connectivity index (χ4n) is 4.73. The zero-order valence-corrected chi connectivity index (χ0v) is 29.8. The normalized spacial score (nSPS) is 14.9. The van der Waals surface area contributed by atoms with Crippen LogP contribution >= 0.6 is 11.6 Å². The SMILES string of the molecule is CS(=O)(=O)N1CCN(c2ncc(-c3cccc(C(F)(F)F)c3)[nH]2)CC1.C[Si](C)(C)CCOCn1cc(-c2cccc(C(F)(F)F)c2)nc1Cl. The van der Waals surface area contributed by atoms with Crippen molar-refractivity contribution in [1.82, 2.24) is 23.8 Å². The first-order chi connectivity index (χ1) is 22.7. The summed E-state index contributed by atoms with van der Waals surface area (Å²) in [6.45, 7) is 9.24. The molecule has 0 spiro atoms. The highest BCUT2D eigenvalue weighted by Crippen LogP contribution is 2.33. The van der Waals surface area contributed by atoms with Crippen molar-refractivity contribution in [2.24, 2.45) is 0 Å². The molecule has 1 fully saturated rings. The Morgan fingerprint density at radius 3 is 2.04 bits per heavy atom. The minimum atomic E-state index is -4.40. The third-order valence-electron chi connectivity index (χ3n) is 7.51. The number of nitrogens with one attached hydrogen (secondary N) is 1. The molecule has 1 N–H and O–H groups in total. The standard InChI is InChI=1S/C16H20ClF3N2OSi.C15H17F3N4O2S/c1-24(2,3)8-7-23-11-22-10-14(21-15(22)17)12-5-4-6-13(9-12)16(18,19)20;1-25(23,24)22-7-5-21(6-8-22)14-19-10-13(20-14)11-3-2-4-12(9-11)15(16,17)18/h4-6,9-10H,7-8,11H2,1-3H3;2-4,9-10H,5-8H2,1H3,(H,19,20). The van der Waals surface area contributed by atoms with Gasteiger partial charge in [0, 0.05) is 58.2 Å². The maximum atomic E-state index is 12.8. The van der Waals surface area contributed by atoms with E-state index in [-0.39, 0.29) is 12.0 Å². The van der Waals surface area contributed by atoms with Gasteiger partial charge in [-0.25, -0.2) is 18.4 Å². The molecule has 0 atom stereocenters. The van der Waals surface area contributed by atoms with Crippen LogP contribution in [-0.4, -0.2) is 79.4 Å². The third kappa shape index (κ3) is 11.1. The highest BCUT2D eigenvalue weighted by Gasteiger charge is 2.32. The van der Waals surface area contributed by atoms with Crippen molar-refractivity contribution >= 4 is 35.6 Å². The van der Waals surface area contributed by atoms with E-state index in [1.54, 1.807) is 22.9 Å². The van der Waals surface area contributed by atoms with E-state index in [1.807, 2.05) is 4.90 Å². The van der Waals surface area contributed by atoms with Gasteiger partial charge in [-0.15, -0.1) is 0 Å². The molecule has 18 heteroatoms. The summed E-state index contributed by atoms with van der Waals surface area (Å²) in [6.07, 6.45) is -4.54. The van der Waals surface area contributed by atoms with Gasteiger partial charge in [0.25, 0.3) is 0 Å². The molecule has 3 heterocycles. The predicted octanol–water partition coefficient (Wildman–Crippen LogP) is 7.71. The van der Waals surface area contributed by atoms with E-state index in [0.29, 0.717) is 61.2 Å². The number of piperazine rings is 1. The number of anilines is 1. The molecule has 0 saturated carbocycles. The third-order valence-corrected chi connectivity index (χ3v) is 10.8. The van der Waals surface area contributed by atoms with Gasteiger partial charge in [-0.2, -0.15) is 30.6 Å². The number of alkyl halides is 6. The van der Waals surface area contributed by atoms with Crippen LogP contribution in [0.15, 0.2) is 60.9 Å². The Hall–Kier alpha value is -3.38. The van der Waals surface area contributed by atoms with Crippen molar-refractivity contribution < 1.29 is 39.5 Å². The van der Waals surface area contributed by atoms with Crippen LogP contribution in [0.2, 0.25) is 31.0 Å². The van der Waals surface area contributed by atoms with E-state index >= 15 is 0 Å². The zero-order chi connectivity index (χ0) is 36.2. The van der Waals surface area contributed by atoms with Crippen molar-refractivity contribution in [3.63, 3.8) is 0 Å².